The topological polar surface area (TPSA) is 40.5 Å². The van der Waals surface area contributed by atoms with E-state index in [1.165, 1.54) is 0 Å². The van der Waals surface area contributed by atoms with Crippen molar-refractivity contribution in [3.05, 3.63) is 27.2 Å². The first-order valence-corrected chi connectivity index (χ1v) is 6.42. The molecule has 0 radical (unpaired) electrons. The number of hydrogen-bond acceptors (Lipinski definition) is 2. The van der Waals surface area contributed by atoms with Gasteiger partial charge in [0.1, 0.15) is 10.8 Å². The van der Waals surface area contributed by atoms with Crippen LogP contribution in [0.1, 0.15) is 38.0 Å². The molecule has 0 amide bonds. The monoisotopic (exact) mass is 274 g/mol. The van der Waals surface area contributed by atoms with Gasteiger partial charge in [0.25, 0.3) is 0 Å². The van der Waals surface area contributed by atoms with Gasteiger partial charge in [-0.15, -0.1) is 0 Å². The third-order valence-electron chi connectivity index (χ3n) is 4.10. The van der Waals surface area contributed by atoms with Gasteiger partial charge in [0.15, 0.2) is 0 Å². The molecule has 17 heavy (non-hydrogen) atoms. The highest BCUT2D eigenvalue weighted by molar-refractivity contribution is 6.43. The molecule has 1 aliphatic carbocycles. The summed E-state index contributed by atoms with van der Waals surface area (Å²) in [6.07, 6.45) is 0.0640. The Labute approximate surface area is 111 Å². The summed E-state index contributed by atoms with van der Waals surface area (Å²) in [4.78, 5) is 0. The molecule has 1 aromatic rings. The van der Waals surface area contributed by atoms with Crippen molar-refractivity contribution in [2.45, 2.75) is 33.3 Å². The average Bonchev–Trinajstić information content (AvgIpc) is 2.49. The predicted molar refractivity (Wildman–Crippen MR) is 69.7 cm³/mol. The third-order valence-corrected chi connectivity index (χ3v) is 4.97. The van der Waals surface area contributed by atoms with Gasteiger partial charge in [-0.3, -0.25) is 0 Å². The van der Waals surface area contributed by atoms with Gasteiger partial charge in [0, 0.05) is 11.0 Å². The lowest BCUT2D eigenvalue weighted by Gasteiger charge is -2.32. The van der Waals surface area contributed by atoms with Crippen LogP contribution >= 0.6 is 23.2 Å². The average molecular weight is 275 g/mol. The second kappa shape index (κ2) is 4.04. The fourth-order valence-corrected chi connectivity index (χ4v) is 2.95. The maximum atomic E-state index is 10.4. The summed E-state index contributed by atoms with van der Waals surface area (Å²) in [5.74, 6) is 0.289. The number of phenols is 1. The van der Waals surface area contributed by atoms with E-state index in [9.17, 15) is 10.2 Å². The molecule has 2 N–H and O–H groups in total. The molecule has 0 aliphatic heterocycles. The lowest BCUT2D eigenvalue weighted by atomic mass is 9.75. The molecule has 4 heteroatoms. The Morgan fingerprint density at radius 2 is 1.94 bits per heavy atom. The van der Waals surface area contributed by atoms with E-state index in [0.29, 0.717) is 17.9 Å². The molecule has 2 rings (SSSR count). The molecule has 0 saturated heterocycles. The first-order chi connectivity index (χ1) is 7.79. The standard InChI is InChI=1S/C13H16Cl2O2/c1-6(2)13(3)5-7-4-8(16)10(14)11(15)9(7)12(13)17/h4,6,12,16-17H,5H2,1-3H3. The number of rotatable bonds is 1. The van der Waals surface area contributed by atoms with Gasteiger partial charge in [-0.25, -0.2) is 0 Å². The molecule has 0 spiro atoms. The summed E-state index contributed by atoms with van der Waals surface area (Å²) in [5.41, 5.74) is 1.30. The molecular weight excluding hydrogens is 259 g/mol. The van der Waals surface area contributed by atoms with E-state index < -0.39 is 6.10 Å². The summed E-state index contributed by atoms with van der Waals surface area (Å²) in [6, 6.07) is 1.61. The highest BCUT2D eigenvalue weighted by Gasteiger charge is 2.45. The molecule has 2 nitrogen and oxygen atoms in total. The zero-order chi connectivity index (χ0) is 13.0. The number of halogens is 2. The van der Waals surface area contributed by atoms with Crippen LogP contribution in [0, 0.1) is 11.3 Å². The fraction of sp³-hybridized carbons (Fsp3) is 0.538. The SMILES string of the molecule is CC(C)C1(C)Cc2cc(O)c(Cl)c(Cl)c2C1O. The Balaban J connectivity index is 2.60. The quantitative estimate of drug-likeness (QED) is 0.814. The van der Waals surface area contributed by atoms with Gasteiger partial charge in [-0.1, -0.05) is 44.0 Å². The minimum atomic E-state index is -0.636. The smallest absolute Gasteiger partial charge is 0.135 e. The lowest BCUT2D eigenvalue weighted by Crippen LogP contribution is -2.28. The Hall–Kier alpha value is -0.440. The second-order valence-electron chi connectivity index (χ2n) is 5.34. The maximum Gasteiger partial charge on any atom is 0.135 e. The van der Waals surface area contributed by atoms with Gasteiger partial charge in [0.2, 0.25) is 0 Å². The molecular formula is C13H16Cl2O2. The van der Waals surface area contributed by atoms with Crippen molar-refractivity contribution in [2.24, 2.45) is 11.3 Å². The second-order valence-corrected chi connectivity index (χ2v) is 6.09. The van der Waals surface area contributed by atoms with E-state index in [0.717, 1.165) is 5.56 Å². The molecule has 0 fully saturated rings. The Morgan fingerprint density at radius 3 is 2.47 bits per heavy atom. The Morgan fingerprint density at radius 1 is 1.35 bits per heavy atom. The largest absolute Gasteiger partial charge is 0.506 e. The van der Waals surface area contributed by atoms with Crippen LogP contribution < -0.4 is 0 Å². The van der Waals surface area contributed by atoms with Crippen molar-refractivity contribution in [3.8, 4) is 5.75 Å². The zero-order valence-electron chi connectivity index (χ0n) is 10.1. The highest BCUT2D eigenvalue weighted by Crippen LogP contribution is 2.54. The molecule has 0 heterocycles. The van der Waals surface area contributed by atoms with E-state index in [1.807, 2.05) is 6.92 Å². The van der Waals surface area contributed by atoms with E-state index in [-0.39, 0.29) is 21.2 Å². The van der Waals surface area contributed by atoms with Gasteiger partial charge in [0.05, 0.1) is 11.1 Å². The van der Waals surface area contributed by atoms with Crippen molar-refractivity contribution < 1.29 is 10.2 Å². The number of benzene rings is 1. The number of aliphatic hydroxyl groups excluding tert-OH is 1. The summed E-state index contributed by atoms with van der Waals surface area (Å²) < 4.78 is 0. The first kappa shape index (κ1) is 13.0. The van der Waals surface area contributed by atoms with Crippen molar-refractivity contribution >= 4 is 23.2 Å². The molecule has 2 unspecified atom stereocenters. The van der Waals surface area contributed by atoms with Crippen LogP contribution in [0.4, 0.5) is 0 Å². The number of aromatic hydroxyl groups is 1. The summed E-state index contributed by atoms with van der Waals surface area (Å²) >= 11 is 12.0. The zero-order valence-corrected chi connectivity index (χ0v) is 11.6. The van der Waals surface area contributed by atoms with Crippen LogP contribution in [-0.4, -0.2) is 10.2 Å². The maximum absolute atomic E-state index is 10.4. The predicted octanol–water partition coefficient (Wildman–Crippen LogP) is 3.95. The molecule has 1 aromatic carbocycles. The summed E-state index contributed by atoms with van der Waals surface area (Å²) in [7, 11) is 0. The minimum Gasteiger partial charge on any atom is -0.506 e. The lowest BCUT2D eigenvalue weighted by molar-refractivity contribution is 0.0178. The van der Waals surface area contributed by atoms with Crippen LogP contribution in [0.25, 0.3) is 0 Å². The molecule has 1 aliphatic rings. The third kappa shape index (κ3) is 1.74. The van der Waals surface area contributed by atoms with Crippen LogP contribution in [-0.2, 0) is 6.42 Å². The Kier molecular flexibility index (Phi) is 3.09. The van der Waals surface area contributed by atoms with E-state index in [4.69, 9.17) is 23.2 Å². The highest BCUT2D eigenvalue weighted by atomic mass is 35.5. The molecule has 94 valence electrons. The molecule has 0 bridgehead atoms. The fourth-order valence-electron chi connectivity index (χ4n) is 2.48. The van der Waals surface area contributed by atoms with Gasteiger partial charge in [-0.05, 0) is 24.0 Å². The van der Waals surface area contributed by atoms with Crippen LogP contribution in [0.2, 0.25) is 10.0 Å². The van der Waals surface area contributed by atoms with Crippen molar-refractivity contribution in [1.29, 1.82) is 0 Å². The molecule has 2 atom stereocenters. The Bertz CT molecular complexity index is 471. The van der Waals surface area contributed by atoms with Crippen molar-refractivity contribution in [3.63, 3.8) is 0 Å². The summed E-state index contributed by atoms with van der Waals surface area (Å²) in [5, 5.41) is 20.5. The van der Waals surface area contributed by atoms with E-state index in [1.54, 1.807) is 6.07 Å². The molecule has 0 saturated carbocycles. The van der Waals surface area contributed by atoms with Crippen LogP contribution in [0.15, 0.2) is 6.07 Å². The first-order valence-electron chi connectivity index (χ1n) is 5.66. The number of aliphatic hydroxyl groups is 1. The van der Waals surface area contributed by atoms with E-state index >= 15 is 0 Å². The van der Waals surface area contributed by atoms with Gasteiger partial charge < -0.3 is 10.2 Å². The van der Waals surface area contributed by atoms with Crippen LogP contribution in [0.5, 0.6) is 5.75 Å². The van der Waals surface area contributed by atoms with Gasteiger partial charge in [-0.2, -0.15) is 0 Å². The normalized spacial score (nSPS) is 27.6. The molecule has 0 aromatic heterocycles. The minimum absolute atomic E-state index is 0.0179. The van der Waals surface area contributed by atoms with E-state index in [2.05, 4.69) is 13.8 Å². The van der Waals surface area contributed by atoms with Crippen molar-refractivity contribution in [1.82, 2.24) is 0 Å². The van der Waals surface area contributed by atoms with Crippen LogP contribution in [0.3, 0.4) is 0 Å². The number of fused-ring (bicyclic) bond motifs is 1. The number of phenolic OH excluding ortho intramolecular Hbond substituents is 1. The van der Waals surface area contributed by atoms with Crippen molar-refractivity contribution in [2.75, 3.05) is 0 Å². The van der Waals surface area contributed by atoms with Gasteiger partial charge >= 0.3 is 0 Å². The number of hydrogen-bond donors (Lipinski definition) is 2. The summed E-state index contributed by atoms with van der Waals surface area (Å²) in [6.45, 7) is 6.18.